The smallest absolute Gasteiger partial charge is 0.331 e. The molecule has 1 N–H and O–H groups in total. The average Bonchev–Trinajstić information content (AvgIpc) is 2.04. The number of aliphatic carboxylic acids is 1. The summed E-state index contributed by atoms with van der Waals surface area (Å²) in [4.78, 5) is 21.4. The van der Waals surface area contributed by atoms with Crippen LogP contribution in [0, 0.1) is 0 Å². The summed E-state index contributed by atoms with van der Waals surface area (Å²) in [5.74, 6) is -1.11. The van der Waals surface area contributed by atoms with Crippen molar-refractivity contribution in [2.24, 2.45) is 0 Å². The van der Waals surface area contributed by atoms with Gasteiger partial charge in [-0.15, -0.1) is 0 Å². The molecule has 0 amide bonds. The predicted molar refractivity (Wildman–Crippen MR) is 50.5 cm³/mol. The minimum absolute atomic E-state index is 0.0125. The lowest BCUT2D eigenvalue weighted by Gasteiger charge is -1.99. The zero-order valence-electron chi connectivity index (χ0n) is 8.01. The molecule has 0 bridgehead atoms. The average molecular weight is 184 g/mol. The molecule has 0 fully saturated rings. The zero-order valence-corrected chi connectivity index (χ0v) is 8.01. The van der Waals surface area contributed by atoms with Crippen LogP contribution in [0.1, 0.15) is 39.0 Å². The van der Waals surface area contributed by atoms with E-state index in [2.05, 4.69) is 13.5 Å². The Hall–Kier alpha value is -1.12. The van der Waals surface area contributed by atoms with E-state index in [0.717, 1.165) is 19.3 Å². The van der Waals surface area contributed by atoms with Crippen LogP contribution in [0.25, 0.3) is 0 Å². The van der Waals surface area contributed by atoms with Gasteiger partial charge in [-0.3, -0.25) is 4.79 Å². The van der Waals surface area contributed by atoms with Crippen LogP contribution in [0.4, 0.5) is 0 Å². The van der Waals surface area contributed by atoms with Gasteiger partial charge in [0.05, 0.1) is 0 Å². The van der Waals surface area contributed by atoms with E-state index in [9.17, 15) is 9.59 Å². The number of rotatable bonds is 7. The fraction of sp³-hybridized carbons (Fsp3) is 0.600. The first kappa shape index (κ1) is 11.9. The van der Waals surface area contributed by atoms with Crippen LogP contribution in [0.2, 0.25) is 0 Å². The van der Waals surface area contributed by atoms with E-state index in [1.165, 1.54) is 0 Å². The number of hydrogen-bond donors (Lipinski definition) is 1. The second kappa shape index (κ2) is 6.40. The third-order valence-corrected chi connectivity index (χ3v) is 1.77. The summed E-state index contributed by atoms with van der Waals surface area (Å²) in [6, 6.07) is 0. The maximum Gasteiger partial charge on any atom is 0.331 e. The summed E-state index contributed by atoms with van der Waals surface area (Å²) in [5, 5.41) is 8.45. The molecule has 74 valence electrons. The van der Waals surface area contributed by atoms with Crippen molar-refractivity contribution in [2.45, 2.75) is 39.0 Å². The molecule has 0 aliphatic rings. The maximum absolute atomic E-state index is 11.1. The molecule has 0 aliphatic heterocycles. The lowest BCUT2D eigenvalue weighted by molar-refractivity contribution is -0.133. The minimum Gasteiger partial charge on any atom is -0.478 e. The second-order valence-electron chi connectivity index (χ2n) is 3.08. The largest absolute Gasteiger partial charge is 0.478 e. The van der Waals surface area contributed by atoms with Crippen molar-refractivity contribution >= 4 is 11.8 Å². The summed E-state index contributed by atoms with van der Waals surface area (Å²) < 4.78 is 0. The summed E-state index contributed by atoms with van der Waals surface area (Å²) in [6.45, 7) is 5.36. The van der Waals surface area contributed by atoms with E-state index < -0.39 is 5.97 Å². The number of carboxylic acid groups (broad SMARTS) is 1. The van der Waals surface area contributed by atoms with Gasteiger partial charge in [-0.25, -0.2) is 4.79 Å². The predicted octanol–water partition coefficient (Wildman–Crippen LogP) is 2.17. The summed E-state index contributed by atoms with van der Waals surface area (Å²) in [6.07, 6.45) is 3.39. The van der Waals surface area contributed by atoms with Crippen molar-refractivity contribution in [3.63, 3.8) is 0 Å². The molecule has 13 heavy (non-hydrogen) atoms. The third-order valence-electron chi connectivity index (χ3n) is 1.77. The molecule has 0 unspecified atom stereocenters. The first-order chi connectivity index (χ1) is 6.07. The number of carbonyl (C=O) groups excluding carboxylic acids is 1. The van der Waals surface area contributed by atoms with E-state index in [1.807, 2.05) is 0 Å². The van der Waals surface area contributed by atoms with Gasteiger partial charge in [0.25, 0.3) is 0 Å². The molecule has 0 aromatic heterocycles. The highest BCUT2D eigenvalue weighted by molar-refractivity contribution is 5.94. The van der Waals surface area contributed by atoms with Crippen molar-refractivity contribution in [3.8, 4) is 0 Å². The van der Waals surface area contributed by atoms with Gasteiger partial charge < -0.3 is 5.11 Å². The molecule has 0 aromatic carbocycles. The van der Waals surface area contributed by atoms with Crippen LogP contribution in [0.5, 0.6) is 0 Å². The lowest BCUT2D eigenvalue weighted by atomic mass is 10.1. The Kier molecular flexibility index (Phi) is 5.85. The van der Waals surface area contributed by atoms with Gasteiger partial charge in [0.15, 0.2) is 0 Å². The molecule has 0 aliphatic carbocycles. The fourth-order valence-corrected chi connectivity index (χ4v) is 0.974. The molecule has 0 radical (unpaired) electrons. The first-order valence-corrected chi connectivity index (χ1v) is 4.50. The molecule has 0 aromatic rings. The van der Waals surface area contributed by atoms with E-state index >= 15 is 0 Å². The minimum atomic E-state index is -1.08. The normalized spacial score (nSPS) is 9.62. The Labute approximate surface area is 78.5 Å². The lowest BCUT2D eigenvalue weighted by Crippen LogP contribution is -2.06. The van der Waals surface area contributed by atoms with Crippen LogP contribution in [0.15, 0.2) is 12.2 Å². The zero-order chi connectivity index (χ0) is 10.3. The molecule has 0 saturated heterocycles. The van der Waals surface area contributed by atoms with E-state index in [-0.39, 0.29) is 17.8 Å². The molecule has 3 nitrogen and oxygen atoms in total. The molecular formula is C10H16O3. The van der Waals surface area contributed by atoms with Crippen LogP contribution >= 0.6 is 0 Å². The Morgan fingerprint density at radius 3 is 2.38 bits per heavy atom. The van der Waals surface area contributed by atoms with Gasteiger partial charge >= 0.3 is 5.97 Å². The Morgan fingerprint density at radius 2 is 1.92 bits per heavy atom. The first-order valence-electron chi connectivity index (χ1n) is 4.50. The highest BCUT2D eigenvalue weighted by Gasteiger charge is 2.09. The second-order valence-corrected chi connectivity index (χ2v) is 3.08. The Bertz CT molecular complexity index is 206. The van der Waals surface area contributed by atoms with Crippen molar-refractivity contribution in [3.05, 3.63) is 12.2 Å². The Balaban J connectivity index is 3.62. The maximum atomic E-state index is 11.1. The van der Waals surface area contributed by atoms with Crippen LogP contribution in [0.3, 0.4) is 0 Å². The number of unbranched alkanes of at least 4 members (excludes halogenated alkanes) is 2. The topological polar surface area (TPSA) is 54.4 Å². The number of ketones is 1. The quantitative estimate of drug-likeness (QED) is 0.487. The van der Waals surface area contributed by atoms with E-state index in [4.69, 9.17) is 5.11 Å². The standard InChI is InChI=1S/C10H16O3/c1-3-4-5-6-9(11)7-8(2)10(12)13/h2-7H2,1H3,(H,12,13). The van der Waals surface area contributed by atoms with Crippen molar-refractivity contribution < 1.29 is 14.7 Å². The van der Waals surface area contributed by atoms with Gasteiger partial charge in [0.1, 0.15) is 5.78 Å². The molecule has 0 saturated carbocycles. The summed E-state index contributed by atoms with van der Waals surface area (Å²) >= 11 is 0. The highest BCUT2D eigenvalue weighted by Crippen LogP contribution is 2.06. The third kappa shape index (κ3) is 6.08. The van der Waals surface area contributed by atoms with Gasteiger partial charge in [0.2, 0.25) is 0 Å². The SMILES string of the molecule is C=C(CC(=O)CCCCC)C(=O)O. The number of carbonyl (C=O) groups is 2. The molecule has 0 spiro atoms. The summed E-state index contributed by atoms with van der Waals surface area (Å²) in [7, 11) is 0. The van der Waals surface area contributed by atoms with Crippen molar-refractivity contribution in [2.75, 3.05) is 0 Å². The molecule has 0 rings (SSSR count). The number of carboxylic acids is 1. The van der Waals surface area contributed by atoms with Crippen molar-refractivity contribution in [1.82, 2.24) is 0 Å². The number of hydrogen-bond acceptors (Lipinski definition) is 2. The van der Waals surface area contributed by atoms with Gasteiger partial charge in [-0.1, -0.05) is 26.3 Å². The van der Waals surface area contributed by atoms with E-state index in [0.29, 0.717) is 6.42 Å². The molecule has 3 heteroatoms. The number of Topliss-reactive ketones (excluding diaryl/α,β-unsaturated/α-hetero) is 1. The molecular weight excluding hydrogens is 168 g/mol. The van der Waals surface area contributed by atoms with Gasteiger partial charge in [-0.05, 0) is 6.42 Å². The summed E-state index contributed by atoms with van der Waals surface area (Å²) in [5.41, 5.74) is -0.0125. The van der Waals surface area contributed by atoms with Crippen molar-refractivity contribution in [1.29, 1.82) is 0 Å². The van der Waals surface area contributed by atoms with Crippen LogP contribution in [-0.4, -0.2) is 16.9 Å². The highest BCUT2D eigenvalue weighted by atomic mass is 16.4. The van der Waals surface area contributed by atoms with Crippen LogP contribution in [-0.2, 0) is 9.59 Å². The van der Waals surface area contributed by atoms with Crippen LogP contribution < -0.4 is 0 Å². The van der Waals surface area contributed by atoms with E-state index in [1.54, 1.807) is 0 Å². The molecule has 0 heterocycles. The monoisotopic (exact) mass is 184 g/mol. The fourth-order valence-electron chi connectivity index (χ4n) is 0.974. The van der Waals surface area contributed by atoms with Gasteiger partial charge in [-0.2, -0.15) is 0 Å². The van der Waals surface area contributed by atoms with Gasteiger partial charge in [0, 0.05) is 18.4 Å². The molecule has 0 atom stereocenters. The Morgan fingerprint density at radius 1 is 1.31 bits per heavy atom.